The number of aliphatic hydroxyl groups is 1. The quantitative estimate of drug-likeness (QED) is 0.744. The zero-order valence-electron chi connectivity index (χ0n) is 12.9. The fourth-order valence-corrected chi connectivity index (χ4v) is 3.04. The predicted octanol–water partition coefficient (Wildman–Crippen LogP) is 4.10. The van der Waals surface area contributed by atoms with Crippen LogP contribution in [0.5, 0.6) is 0 Å². The SMILES string of the molecule is CCc1nn(Cc2ccc(I)cc2)c(CC)c1C(O)CC. The number of halogens is 1. The molecular formula is C17H23IN2O. The van der Waals surface area contributed by atoms with E-state index >= 15 is 0 Å². The smallest absolute Gasteiger partial charge is 0.0823 e. The molecule has 1 unspecified atom stereocenters. The van der Waals surface area contributed by atoms with Crippen LogP contribution in [-0.2, 0) is 19.4 Å². The molecule has 1 aromatic carbocycles. The molecule has 3 nitrogen and oxygen atoms in total. The second kappa shape index (κ2) is 7.40. The molecule has 4 heteroatoms. The van der Waals surface area contributed by atoms with Gasteiger partial charge in [-0.25, -0.2) is 0 Å². The summed E-state index contributed by atoms with van der Waals surface area (Å²) in [6.07, 6.45) is 2.08. The average molecular weight is 398 g/mol. The van der Waals surface area contributed by atoms with Gasteiger partial charge in [0, 0.05) is 14.8 Å². The zero-order valence-corrected chi connectivity index (χ0v) is 15.1. The van der Waals surface area contributed by atoms with Crippen molar-refractivity contribution in [2.75, 3.05) is 0 Å². The van der Waals surface area contributed by atoms with Gasteiger partial charge in [-0.15, -0.1) is 0 Å². The summed E-state index contributed by atoms with van der Waals surface area (Å²) in [4.78, 5) is 0. The molecule has 0 aliphatic rings. The average Bonchev–Trinajstić information content (AvgIpc) is 2.86. The summed E-state index contributed by atoms with van der Waals surface area (Å²) in [6.45, 7) is 7.01. The van der Waals surface area contributed by atoms with Crippen LogP contribution in [0.3, 0.4) is 0 Å². The van der Waals surface area contributed by atoms with Crippen LogP contribution in [0.25, 0.3) is 0 Å². The van der Waals surface area contributed by atoms with Gasteiger partial charge in [-0.2, -0.15) is 5.10 Å². The molecule has 21 heavy (non-hydrogen) atoms. The summed E-state index contributed by atoms with van der Waals surface area (Å²) in [5.41, 5.74) is 4.49. The summed E-state index contributed by atoms with van der Waals surface area (Å²) in [5.74, 6) is 0. The first kappa shape index (κ1) is 16.5. The highest BCUT2D eigenvalue weighted by molar-refractivity contribution is 14.1. The molecule has 0 saturated heterocycles. The van der Waals surface area contributed by atoms with Crippen molar-refractivity contribution < 1.29 is 5.11 Å². The van der Waals surface area contributed by atoms with Crippen LogP contribution in [0.4, 0.5) is 0 Å². The highest BCUT2D eigenvalue weighted by atomic mass is 127. The Labute approximate surface area is 140 Å². The van der Waals surface area contributed by atoms with Crippen molar-refractivity contribution >= 4 is 22.6 Å². The van der Waals surface area contributed by atoms with E-state index in [4.69, 9.17) is 5.10 Å². The lowest BCUT2D eigenvalue weighted by Crippen LogP contribution is -2.08. The van der Waals surface area contributed by atoms with Crippen LogP contribution in [0.15, 0.2) is 24.3 Å². The summed E-state index contributed by atoms with van der Waals surface area (Å²) in [5, 5.41) is 15.1. The predicted molar refractivity (Wildman–Crippen MR) is 94.5 cm³/mol. The first-order chi connectivity index (χ1) is 10.1. The summed E-state index contributed by atoms with van der Waals surface area (Å²) in [6, 6.07) is 8.52. The Morgan fingerprint density at radius 1 is 1.14 bits per heavy atom. The summed E-state index contributed by atoms with van der Waals surface area (Å²) < 4.78 is 3.30. The lowest BCUT2D eigenvalue weighted by atomic mass is 10.0. The van der Waals surface area contributed by atoms with Gasteiger partial charge in [0.1, 0.15) is 0 Å². The van der Waals surface area contributed by atoms with Gasteiger partial charge in [0.15, 0.2) is 0 Å². The van der Waals surface area contributed by atoms with Crippen LogP contribution in [-0.4, -0.2) is 14.9 Å². The van der Waals surface area contributed by atoms with Crippen molar-refractivity contribution in [3.63, 3.8) is 0 Å². The molecule has 1 heterocycles. The molecule has 2 rings (SSSR count). The Morgan fingerprint density at radius 2 is 1.81 bits per heavy atom. The van der Waals surface area contributed by atoms with Crippen molar-refractivity contribution in [3.05, 3.63) is 50.4 Å². The highest BCUT2D eigenvalue weighted by Gasteiger charge is 2.20. The second-order valence-electron chi connectivity index (χ2n) is 5.22. The van der Waals surface area contributed by atoms with E-state index < -0.39 is 6.10 Å². The normalized spacial score (nSPS) is 12.6. The Balaban J connectivity index is 2.39. The summed E-state index contributed by atoms with van der Waals surface area (Å²) in [7, 11) is 0. The van der Waals surface area contributed by atoms with Gasteiger partial charge >= 0.3 is 0 Å². The van der Waals surface area contributed by atoms with Crippen LogP contribution in [0, 0.1) is 3.57 Å². The Kier molecular flexibility index (Phi) is 5.81. The van der Waals surface area contributed by atoms with Crippen molar-refractivity contribution in [1.29, 1.82) is 0 Å². The molecule has 0 radical (unpaired) electrons. The molecule has 0 bridgehead atoms. The second-order valence-corrected chi connectivity index (χ2v) is 6.47. The minimum Gasteiger partial charge on any atom is -0.388 e. The monoisotopic (exact) mass is 398 g/mol. The molecule has 0 fully saturated rings. The highest BCUT2D eigenvalue weighted by Crippen LogP contribution is 2.26. The lowest BCUT2D eigenvalue weighted by molar-refractivity contribution is 0.171. The fourth-order valence-electron chi connectivity index (χ4n) is 2.68. The van der Waals surface area contributed by atoms with E-state index in [1.165, 1.54) is 14.8 Å². The van der Waals surface area contributed by atoms with E-state index in [9.17, 15) is 5.11 Å². The molecule has 0 saturated carbocycles. The first-order valence-electron chi connectivity index (χ1n) is 7.61. The minimum atomic E-state index is -0.402. The number of rotatable bonds is 6. The molecule has 0 amide bonds. The number of nitrogens with zero attached hydrogens (tertiary/aromatic N) is 2. The Morgan fingerprint density at radius 3 is 2.33 bits per heavy atom. The van der Waals surface area contributed by atoms with Crippen LogP contribution < -0.4 is 0 Å². The maximum atomic E-state index is 10.3. The molecule has 0 spiro atoms. The van der Waals surface area contributed by atoms with Gasteiger partial charge in [-0.3, -0.25) is 4.68 Å². The molecule has 1 N–H and O–H groups in total. The standard InChI is InChI=1S/C17H23IN2O/c1-4-14-17(16(21)6-3)15(5-2)20(19-14)11-12-7-9-13(18)10-8-12/h7-10,16,21H,4-6,11H2,1-3H3. The number of aromatic nitrogens is 2. The van der Waals surface area contributed by atoms with E-state index in [2.05, 4.69) is 65.4 Å². The molecule has 1 atom stereocenters. The van der Waals surface area contributed by atoms with Crippen LogP contribution in [0.2, 0.25) is 0 Å². The third-order valence-corrected chi connectivity index (χ3v) is 4.53. The number of hydrogen-bond acceptors (Lipinski definition) is 2. The number of benzene rings is 1. The van der Waals surface area contributed by atoms with Crippen molar-refractivity contribution in [2.24, 2.45) is 0 Å². The number of aryl methyl sites for hydroxylation is 1. The van der Waals surface area contributed by atoms with Crippen molar-refractivity contribution in [1.82, 2.24) is 9.78 Å². The molecule has 1 aromatic heterocycles. The minimum absolute atomic E-state index is 0.402. The van der Waals surface area contributed by atoms with E-state index in [0.717, 1.165) is 37.1 Å². The Hall–Kier alpha value is -0.880. The summed E-state index contributed by atoms with van der Waals surface area (Å²) >= 11 is 2.32. The molecule has 114 valence electrons. The topological polar surface area (TPSA) is 38.0 Å². The van der Waals surface area contributed by atoms with Gasteiger partial charge in [0.05, 0.1) is 18.3 Å². The van der Waals surface area contributed by atoms with Crippen LogP contribution >= 0.6 is 22.6 Å². The van der Waals surface area contributed by atoms with Gasteiger partial charge < -0.3 is 5.11 Å². The maximum Gasteiger partial charge on any atom is 0.0823 e. The van der Waals surface area contributed by atoms with E-state index in [-0.39, 0.29) is 0 Å². The number of hydrogen-bond donors (Lipinski definition) is 1. The van der Waals surface area contributed by atoms with Gasteiger partial charge in [0.2, 0.25) is 0 Å². The van der Waals surface area contributed by atoms with Crippen LogP contribution in [0.1, 0.15) is 55.8 Å². The van der Waals surface area contributed by atoms with Crippen molar-refractivity contribution in [3.8, 4) is 0 Å². The molecular weight excluding hydrogens is 375 g/mol. The Bertz CT molecular complexity index is 590. The zero-order chi connectivity index (χ0) is 15.4. The van der Waals surface area contributed by atoms with Crippen molar-refractivity contribution in [2.45, 2.75) is 52.7 Å². The van der Waals surface area contributed by atoms with Gasteiger partial charge in [0.25, 0.3) is 0 Å². The van der Waals surface area contributed by atoms with E-state index in [1.54, 1.807) is 0 Å². The third-order valence-electron chi connectivity index (χ3n) is 3.81. The third kappa shape index (κ3) is 3.66. The number of aliphatic hydroxyl groups excluding tert-OH is 1. The fraction of sp³-hybridized carbons (Fsp3) is 0.471. The van der Waals surface area contributed by atoms with E-state index in [0.29, 0.717) is 0 Å². The van der Waals surface area contributed by atoms with E-state index in [1.807, 2.05) is 6.92 Å². The largest absolute Gasteiger partial charge is 0.388 e. The van der Waals surface area contributed by atoms with Gasteiger partial charge in [-0.1, -0.05) is 32.9 Å². The first-order valence-corrected chi connectivity index (χ1v) is 8.69. The molecule has 2 aromatic rings. The maximum absolute atomic E-state index is 10.3. The molecule has 0 aliphatic carbocycles. The lowest BCUT2D eigenvalue weighted by Gasteiger charge is -2.12. The van der Waals surface area contributed by atoms with Gasteiger partial charge in [-0.05, 0) is 59.5 Å². The molecule has 0 aliphatic heterocycles.